The first-order valence-electron chi connectivity index (χ1n) is 7.03. The number of nitrogens with two attached hydrogens (primary N) is 2. The van der Waals surface area contributed by atoms with E-state index in [4.69, 9.17) is 11.5 Å². The average molecular weight is 261 g/mol. The van der Waals surface area contributed by atoms with Gasteiger partial charge >= 0.3 is 0 Å². The predicted molar refractivity (Wildman–Crippen MR) is 76.6 cm³/mol. The summed E-state index contributed by atoms with van der Waals surface area (Å²) in [5.41, 5.74) is 12.8. The molecule has 1 aromatic carbocycles. The van der Waals surface area contributed by atoms with Crippen LogP contribution < -0.4 is 16.8 Å². The van der Waals surface area contributed by atoms with Crippen LogP contribution in [0.5, 0.6) is 0 Å². The van der Waals surface area contributed by atoms with E-state index in [9.17, 15) is 4.79 Å². The zero-order chi connectivity index (χ0) is 13.7. The van der Waals surface area contributed by atoms with Crippen LogP contribution in [-0.2, 0) is 6.54 Å². The lowest BCUT2D eigenvalue weighted by atomic mass is 9.84. The van der Waals surface area contributed by atoms with E-state index in [0.717, 1.165) is 18.7 Å². The molecule has 0 aliphatic heterocycles. The van der Waals surface area contributed by atoms with Gasteiger partial charge in [0.2, 0.25) is 5.91 Å². The van der Waals surface area contributed by atoms with Crippen molar-refractivity contribution in [3.63, 3.8) is 0 Å². The smallest absolute Gasteiger partial charge is 0.248 e. The quantitative estimate of drug-likeness (QED) is 0.749. The highest BCUT2D eigenvalue weighted by Crippen LogP contribution is 2.23. The Labute approximate surface area is 114 Å². The third kappa shape index (κ3) is 3.78. The molecule has 1 amide bonds. The molecule has 104 valence electrons. The predicted octanol–water partition coefficient (Wildman–Crippen LogP) is 1.39. The molecule has 4 heteroatoms. The van der Waals surface area contributed by atoms with Crippen molar-refractivity contribution < 1.29 is 4.79 Å². The Kier molecular flexibility index (Phi) is 4.93. The Hall–Kier alpha value is -1.39. The molecule has 2 atom stereocenters. The highest BCUT2D eigenvalue weighted by molar-refractivity contribution is 5.92. The molecular weight excluding hydrogens is 238 g/mol. The number of hydrogen-bond donors (Lipinski definition) is 3. The van der Waals surface area contributed by atoms with Crippen molar-refractivity contribution in [2.75, 3.05) is 6.54 Å². The summed E-state index contributed by atoms with van der Waals surface area (Å²) in [5.74, 6) is 0.201. The lowest BCUT2D eigenvalue weighted by Gasteiger charge is -2.31. The van der Waals surface area contributed by atoms with Crippen molar-refractivity contribution in [1.29, 1.82) is 0 Å². The zero-order valence-corrected chi connectivity index (χ0v) is 11.3. The molecule has 19 heavy (non-hydrogen) atoms. The third-order valence-electron chi connectivity index (χ3n) is 3.99. The second kappa shape index (κ2) is 6.68. The van der Waals surface area contributed by atoms with Crippen LogP contribution in [0.2, 0.25) is 0 Å². The van der Waals surface area contributed by atoms with Gasteiger partial charge in [0.1, 0.15) is 0 Å². The van der Waals surface area contributed by atoms with Crippen LogP contribution in [0.25, 0.3) is 0 Å². The number of carbonyl (C=O) groups excluding carboxylic acids is 1. The summed E-state index contributed by atoms with van der Waals surface area (Å²) < 4.78 is 0. The maximum atomic E-state index is 11.1. The van der Waals surface area contributed by atoms with Crippen LogP contribution in [0.1, 0.15) is 41.6 Å². The van der Waals surface area contributed by atoms with E-state index in [2.05, 4.69) is 5.32 Å². The lowest BCUT2D eigenvalue weighted by Crippen LogP contribution is -2.41. The summed E-state index contributed by atoms with van der Waals surface area (Å²) in [7, 11) is 0. The molecule has 0 spiro atoms. The van der Waals surface area contributed by atoms with Crippen LogP contribution in [0.3, 0.4) is 0 Å². The summed E-state index contributed by atoms with van der Waals surface area (Å²) in [4.78, 5) is 11.1. The summed E-state index contributed by atoms with van der Waals surface area (Å²) in [6.07, 6.45) is 4.97. The number of hydrogen-bond acceptors (Lipinski definition) is 3. The zero-order valence-electron chi connectivity index (χ0n) is 11.3. The summed E-state index contributed by atoms with van der Waals surface area (Å²) >= 11 is 0. The molecule has 0 saturated heterocycles. The molecular formula is C15H23N3O. The minimum Gasteiger partial charge on any atom is -0.366 e. The van der Waals surface area contributed by atoms with Gasteiger partial charge in [0.25, 0.3) is 0 Å². The molecule has 1 aromatic rings. The van der Waals surface area contributed by atoms with Gasteiger partial charge < -0.3 is 16.8 Å². The third-order valence-corrected chi connectivity index (χ3v) is 3.99. The van der Waals surface area contributed by atoms with Crippen molar-refractivity contribution in [3.05, 3.63) is 35.4 Å². The number of nitrogens with one attached hydrogen (secondary N) is 1. The summed E-state index contributed by atoms with van der Waals surface area (Å²) in [6.45, 7) is 1.52. The number of primary amides is 1. The monoisotopic (exact) mass is 261 g/mol. The van der Waals surface area contributed by atoms with Gasteiger partial charge in [0.05, 0.1) is 0 Å². The highest BCUT2D eigenvalue weighted by atomic mass is 16.1. The van der Waals surface area contributed by atoms with E-state index in [-0.39, 0.29) is 5.91 Å². The summed E-state index contributed by atoms with van der Waals surface area (Å²) in [6, 6.07) is 7.99. The SMILES string of the molecule is NCC1CCCCC1NCc1cccc(C(N)=O)c1. The van der Waals surface area contributed by atoms with E-state index >= 15 is 0 Å². The van der Waals surface area contributed by atoms with Crippen LogP contribution in [0.4, 0.5) is 0 Å². The number of amides is 1. The Balaban J connectivity index is 1.94. The molecule has 0 heterocycles. The number of rotatable bonds is 5. The van der Waals surface area contributed by atoms with E-state index in [1.165, 1.54) is 25.7 Å². The summed E-state index contributed by atoms with van der Waals surface area (Å²) in [5, 5.41) is 3.57. The first-order valence-corrected chi connectivity index (χ1v) is 7.03. The van der Waals surface area contributed by atoms with Gasteiger partial charge in [-0.05, 0) is 43.0 Å². The molecule has 0 bridgehead atoms. The van der Waals surface area contributed by atoms with Gasteiger partial charge in [-0.3, -0.25) is 4.79 Å². The molecule has 1 fully saturated rings. The first kappa shape index (κ1) is 14.0. The van der Waals surface area contributed by atoms with Crippen molar-refractivity contribution in [1.82, 2.24) is 5.32 Å². The lowest BCUT2D eigenvalue weighted by molar-refractivity contribution is 0.1000. The van der Waals surface area contributed by atoms with Gasteiger partial charge in [0, 0.05) is 18.2 Å². The van der Waals surface area contributed by atoms with Crippen LogP contribution in [-0.4, -0.2) is 18.5 Å². The van der Waals surface area contributed by atoms with Crippen molar-refractivity contribution >= 4 is 5.91 Å². The molecule has 2 unspecified atom stereocenters. The largest absolute Gasteiger partial charge is 0.366 e. The minimum absolute atomic E-state index is 0.376. The average Bonchev–Trinajstić information content (AvgIpc) is 2.45. The van der Waals surface area contributed by atoms with Crippen molar-refractivity contribution in [2.24, 2.45) is 17.4 Å². The Morgan fingerprint density at radius 2 is 2.11 bits per heavy atom. The Bertz CT molecular complexity index is 433. The molecule has 1 aliphatic carbocycles. The molecule has 1 saturated carbocycles. The number of carbonyl (C=O) groups is 1. The fourth-order valence-corrected chi connectivity index (χ4v) is 2.84. The van der Waals surface area contributed by atoms with E-state index in [0.29, 0.717) is 17.5 Å². The van der Waals surface area contributed by atoms with Crippen molar-refractivity contribution in [2.45, 2.75) is 38.3 Å². The number of benzene rings is 1. The second-order valence-corrected chi connectivity index (χ2v) is 5.33. The van der Waals surface area contributed by atoms with Gasteiger partial charge in [0.15, 0.2) is 0 Å². The Morgan fingerprint density at radius 1 is 1.32 bits per heavy atom. The van der Waals surface area contributed by atoms with E-state index in [1.54, 1.807) is 6.07 Å². The highest BCUT2D eigenvalue weighted by Gasteiger charge is 2.23. The molecule has 2 rings (SSSR count). The first-order chi connectivity index (χ1) is 9.20. The molecule has 4 nitrogen and oxygen atoms in total. The Morgan fingerprint density at radius 3 is 2.84 bits per heavy atom. The molecule has 0 aromatic heterocycles. The maximum Gasteiger partial charge on any atom is 0.248 e. The minimum atomic E-state index is -0.376. The van der Waals surface area contributed by atoms with Crippen molar-refractivity contribution in [3.8, 4) is 0 Å². The van der Waals surface area contributed by atoms with Crippen LogP contribution in [0.15, 0.2) is 24.3 Å². The fraction of sp³-hybridized carbons (Fsp3) is 0.533. The normalized spacial score (nSPS) is 23.2. The second-order valence-electron chi connectivity index (χ2n) is 5.33. The van der Waals surface area contributed by atoms with Gasteiger partial charge in [-0.1, -0.05) is 25.0 Å². The van der Waals surface area contributed by atoms with Gasteiger partial charge in [-0.15, -0.1) is 0 Å². The van der Waals surface area contributed by atoms with Gasteiger partial charge in [-0.2, -0.15) is 0 Å². The van der Waals surface area contributed by atoms with E-state index in [1.807, 2.05) is 18.2 Å². The van der Waals surface area contributed by atoms with Gasteiger partial charge in [-0.25, -0.2) is 0 Å². The maximum absolute atomic E-state index is 11.1. The van der Waals surface area contributed by atoms with E-state index < -0.39 is 0 Å². The molecule has 5 N–H and O–H groups in total. The molecule has 1 aliphatic rings. The standard InChI is InChI=1S/C15H23N3O/c16-9-13-5-1-2-7-14(13)18-10-11-4-3-6-12(8-11)15(17)19/h3-4,6,8,13-14,18H,1-2,5,7,9-10,16H2,(H2,17,19). The topological polar surface area (TPSA) is 81.1 Å². The molecule has 0 radical (unpaired) electrons. The fourth-order valence-electron chi connectivity index (χ4n) is 2.84. The van der Waals surface area contributed by atoms with Crippen LogP contribution in [0, 0.1) is 5.92 Å². The van der Waals surface area contributed by atoms with Crippen LogP contribution >= 0.6 is 0 Å².